The smallest absolute Gasteiger partial charge is 0.128 e. The molecule has 1 aromatic rings. The SMILES string of the molecule is CC(C)NCc1ccc(N2CC(C)N(C)C(C)C2)nc1. The van der Waals surface area contributed by atoms with E-state index in [0.717, 1.165) is 25.5 Å². The maximum absolute atomic E-state index is 4.64. The number of nitrogens with one attached hydrogen (secondary N) is 1. The molecule has 4 heteroatoms. The second-order valence-electron chi connectivity index (χ2n) is 6.33. The normalized spacial score (nSPS) is 24.4. The van der Waals surface area contributed by atoms with Gasteiger partial charge < -0.3 is 10.2 Å². The first kappa shape index (κ1) is 15.3. The summed E-state index contributed by atoms with van der Waals surface area (Å²) in [4.78, 5) is 9.48. The molecule has 0 radical (unpaired) electrons. The molecule has 112 valence electrons. The molecule has 1 N–H and O–H groups in total. The van der Waals surface area contributed by atoms with Crippen molar-refractivity contribution in [3.05, 3.63) is 23.9 Å². The Morgan fingerprint density at radius 3 is 2.40 bits per heavy atom. The first-order valence-electron chi connectivity index (χ1n) is 7.62. The lowest BCUT2D eigenvalue weighted by molar-refractivity contribution is 0.169. The summed E-state index contributed by atoms with van der Waals surface area (Å²) >= 11 is 0. The van der Waals surface area contributed by atoms with Gasteiger partial charge in [0.25, 0.3) is 0 Å². The van der Waals surface area contributed by atoms with Gasteiger partial charge in [0.05, 0.1) is 0 Å². The van der Waals surface area contributed by atoms with E-state index in [2.05, 4.69) is 67.0 Å². The van der Waals surface area contributed by atoms with Crippen molar-refractivity contribution in [3.8, 4) is 0 Å². The molecule has 4 nitrogen and oxygen atoms in total. The lowest BCUT2D eigenvalue weighted by Crippen LogP contribution is -2.55. The number of hydrogen-bond acceptors (Lipinski definition) is 4. The Morgan fingerprint density at radius 2 is 1.90 bits per heavy atom. The van der Waals surface area contributed by atoms with Crippen LogP contribution in [0.15, 0.2) is 18.3 Å². The zero-order chi connectivity index (χ0) is 14.7. The van der Waals surface area contributed by atoms with Crippen LogP contribution in [0.1, 0.15) is 33.3 Å². The number of pyridine rings is 1. The van der Waals surface area contributed by atoms with E-state index in [1.807, 2.05) is 6.20 Å². The molecule has 1 aliphatic rings. The van der Waals surface area contributed by atoms with Crippen molar-refractivity contribution < 1.29 is 0 Å². The van der Waals surface area contributed by atoms with Gasteiger partial charge in [-0.25, -0.2) is 4.98 Å². The van der Waals surface area contributed by atoms with Crippen molar-refractivity contribution in [3.63, 3.8) is 0 Å². The number of anilines is 1. The van der Waals surface area contributed by atoms with Gasteiger partial charge in [-0.05, 0) is 32.5 Å². The van der Waals surface area contributed by atoms with Crippen LogP contribution in [0.4, 0.5) is 5.82 Å². The molecule has 0 bridgehead atoms. The summed E-state index contributed by atoms with van der Waals surface area (Å²) in [6, 6.07) is 5.99. The van der Waals surface area contributed by atoms with Gasteiger partial charge in [-0.1, -0.05) is 19.9 Å². The molecule has 2 unspecified atom stereocenters. The Morgan fingerprint density at radius 1 is 1.25 bits per heavy atom. The van der Waals surface area contributed by atoms with Crippen molar-refractivity contribution in [2.45, 2.75) is 52.4 Å². The Hall–Kier alpha value is -1.13. The Kier molecular flexibility index (Phi) is 5.00. The minimum Gasteiger partial charge on any atom is -0.354 e. The first-order chi connectivity index (χ1) is 9.47. The predicted molar refractivity (Wildman–Crippen MR) is 85.1 cm³/mol. The number of hydrogen-bond donors (Lipinski definition) is 1. The molecular formula is C16H28N4. The summed E-state index contributed by atoms with van der Waals surface area (Å²) in [7, 11) is 2.21. The number of rotatable bonds is 4. The van der Waals surface area contributed by atoms with Crippen molar-refractivity contribution in [2.24, 2.45) is 0 Å². The minimum absolute atomic E-state index is 0.508. The van der Waals surface area contributed by atoms with Crippen LogP contribution >= 0.6 is 0 Å². The highest BCUT2D eigenvalue weighted by molar-refractivity contribution is 5.40. The Bertz CT molecular complexity index is 403. The van der Waals surface area contributed by atoms with Crippen LogP contribution in [0.25, 0.3) is 0 Å². The van der Waals surface area contributed by atoms with Crippen LogP contribution in [0, 0.1) is 0 Å². The fraction of sp³-hybridized carbons (Fsp3) is 0.688. The van der Waals surface area contributed by atoms with Crippen molar-refractivity contribution >= 4 is 5.82 Å². The van der Waals surface area contributed by atoms with Crippen LogP contribution in [-0.2, 0) is 6.54 Å². The van der Waals surface area contributed by atoms with Gasteiger partial charge in [0.2, 0.25) is 0 Å². The number of piperazine rings is 1. The van der Waals surface area contributed by atoms with E-state index in [4.69, 9.17) is 0 Å². The summed E-state index contributed by atoms with van der Waals surface area (Å²) in [5, 5.41) is 3.42. The number of aromatic nitrogens is 1. The third-order valence-electron chi connectivity index (χ3n) is 4.21. The summed E-state index contributed by atoms with van der Waals surface area (Å²) in [6.07, 6.45) is 2.00. The standard InChI is InChI=1S/C16H28N4/c1-12(2)17-8-15-6-7-16(18-9-15)20-10-13(3)19(5)14(4)11-20/h6-7,9,12-14,17H,8,10-11H2,1-5H3. The molecule has 2 rings (SSSR count). The van der Waals surface area contributed by atoms with Gasteiger partial charge in [0.15, 0.2) is 0 Å². The van der Waals surface area contributed by atoms with Crippen LogP contribution in [0.5, 0.6) is 0 Å². The monoisotopic (exact) mass is 276 g/mol. The molecular weight excluding hydrogens is 248 g/mol. The minimum atomic E-state index is 0.508. The zero-order valence-corrected chi connectivity index (χ0v) is 13.4. The summed E-state index contributed by atoms with van der Waals surface area (Å²) in [5.74, 6) is 1.10. The fourth-order valence-corrected chi connectivity index (χ4v) is 2.62. The lowest BCUT2D eigenvalue weighted by Gasteiger charge is -2.43. The van der Waals surface area contributed by atoms with E-state index in [9.17, 15) is 0 Å². The molecule has 20 heavy (non-hydrogen) atoms. The van der Waals surface area contributed by atoms with Gasteiger partial charge in [-0.2, -0.15) is 0 Å². The Labute approximate surface area is 123 Å². The summed E-state index contributed by atoms with van der Waals surface area (Å²) < 4.78 is 0. The molecule has 1 saturated heterocycles. The largest absolute Gasteiger partial charge is 0.354 e. The Balaban J connectivity index is 1.99. The van der Waals surface area contributed by atoms with E-state index in [0.29, 0.717) is 18.1 Å². The average molecular weight is 276 g/mol. The van der Waals surface area contributed by atoms with E-state index in [1.165, 1.54) is 5.56 Å². The molecule has 0 aromatic carbocycles. The van der Waals surface area contributed by atoms with Gasteiger partial charge in [-0.3, -0.25) is 4.90 Å². The number of likely N-dealkylation sites (N-methyl/N-ethyl adjacent to an activating group) is 1. The van der Waals surface area contributed by atoms with E-state index in [-0.39, 0.29) is 0 Å². The van der Waals surface area contributed by atoms with Crippen LogP contribution in [0.2, 0.25) is 0 Å². The van der Waals surface area contributed by atoms with E-state index < -0.39 is 0 Å². The van der Waals surface area contributed by atoms with Crippen molar-refractivity contribution in [1.29, 1.82) is 0 Å². The number of nitrogens with zero attached hydrogens (tertiary/aromatic N) is 3. The van der Waals surface area contributed by atoms with Gasteiger partial charge in [0, 0.05) is 44.0 Å². The van der Waals surface area contributed by atoms with Gasteiger partial charge >= 0.3 is 0 Å². The molecule has 2 atom stereocenters. The first-order valence-corrected chi connectivity index (χ1v) is 7.62. The third-order valence-corrected chi connectivity index (χ3v) is 4.21. The van der Waals surface area contributed by atoms with Crippen LogP contribution in [0.3, 0.4) is 0 Å². The third kappa shape index (κ3) is 3.70. The second-order valence-corrected chi connectivity index (χ2v) is 6.33. The summed E-state index contributed by atoms with van der Waals surface area (Å²) in [5.41, 5.74) is 1.25. The fourth-order valence-electron chi connectivity index (χ4n) is 2.62. The predicted octanol–water partition coefficient (Wildman–Crippen LogP) is 2.11. The van der Waals surface area contributed by atoms with E-state index in [1.54, 1.807) is 0 Å². The van der Waals surface area contributed by atoms with Crippen LogP contribution < -0.4 is 10.2 Å². The maximum atomic E-state index is 4.64. The molecule has 0 saturated carbocycles. The van der Waals surface area contributed by atoms with E-state index >= 15 is 0 Å². The van der Waals surface area contributed by atoms with Crippen LogP contribution in [-0.4, -0.2) is 48.1 Å². The van der Waals surface area contributed by atoms with Crippen molar-refractivity contribution in [1.82, 2.24) is 15.2 Å². The maximum Gasteiger partial charge on any atom is 0.128 e. The molecule has 0 spiro atoms. The highest BCUT2D eigenvalue weighted by Gasteiger charge is 2.26. The molecule has 2 heterocycles. The molecule has 1 aromatic heterocycles. The topological polar surface area (TPSA) is 31.4 Å². The zero-order valence-electron chi connectivity index (χ0n) is 13.4. The molecule has 0 aliphatic carbocycles. The highest BCUT2D eigenvalue weighted by Crippen LogP contribution is 2.19. The second kappa shape index (κ2) is 6.55. The van der Waals surface area contributed by atoms with Gasteiger partial charge in [-0.15, -0.1) is 0 Å². The molecule has 1 fully saturated rings. The van der Waals surface area contributed by atoms with Gasteiger partial charge in [0.1, 0.15) is 5.82 Å². The quantitative estimate of drug-likeness (QED) is 0.912. The molecule has 1 aliphatic heterocycles. The average Bonchev–Trinajstić information content (AvgIpc) is 2.42. The highest BCUT2D eigenvalue weighted by atomic mass is 15.3. The van der Waals surface area contributed by atoms with Crippen molar-refractivity contribution in [2.75, 3.05) is 25.0 Å². The lowest BCUT2D eigenvalue weighted by atomic mass is 10.1. The summed E-state index contributed by atoms with van der Waals surface area (Å²) in [6.45, 7) is 11.9. The molecule has 0 amide bonds.